The third-order valence-corrected chi connectivity index (χ3v) is 6.92. The van der Waals surface area contributed by atoms with Crippen LogP contribution in [-0.2, 0) is 9.53 Å². The van der Waals surface area contributed by atoms with E-state index >= 15 is 0 Å². The second-order valence-electron chi connectivity index (χ2n) is 8.03. The van der Waals surface area contributed by atoms with Gasteiger partial charge in [0.05, 0.1) is 33.9 Å². The lowest BCUT2D eigenvalue weighted by Gasteiger charge is -2.24. The lowest BCUT2D eigenvalue weighted by Crippen LogP contribution is -2.39. The summed E-state index contributed by atoms with van der Waals surface area (Å²) in [6.45, 7) is 1.64. The zero-order valence-corrected chi connectivity index (χ0v) is 20.9. The Morgan fingerprint density at radius 1 is 1.26 bits per heavy atom. The molecular weight excluding hydrogens is 492 g/mol. The highest BCUT2D eigenvalue weighted by Gasteiger charge is 2.34. The van der Waals surface area contributed by atoms with Crippen molar-refractivity contribution < 1.29 is 14.5 Å². The molecule has 0 radical (unpaired) electrons. The lowest BCUT2D eigenvalue weighted by molar-refractivity contribution is -0.384. The van der Waals surface area contributed by atoms with E-state index in [0.29, 0.717) is 20.6 Å². The SMILES string of the molecule is COC(=O)C1=C(C)N=c2sc(=Cc3ccc(N(C)C)cc3)c(=O)n2C1c1ccc(Cl)c([N+](=O)[O-])c1. The van der Waals surface area contributed by atoms with Crippen LogP contribution in [0, 0.1) is 10.1 Å². The van der Waals surface area contributed by atoms with Gasteiger partial charge in [0.2, 0.25) is 0 Å². The number of benzene rings is 2. The van der Waals surface area contributed by atoms with Crippen molar-refractivity contribution in [2.75, 3.05) is 26.1 Å². The van der Waals surface area contributed by atoms with Gasteiger partial charge in [0.25, 0.3) is 11.2 Å². The molecule has 9 nitrogen and oxygen atoms in total. The number of anilines is 1. The average Bonchev–Trinajstić information content (AvgIpc) is 3.12. The van der Waals surface area contributed by atoms with Crippen molar-refractivity contribution in [1.29, 1.82) is 0 Å². The molecule has 35 heavy (non-hydrogen) atoms. The van der Waals surface area contributed by atoms with Crippen LogP contribution < -0.4 is 19.8 Å². The van der Waals surface area contributed by atoms with Crippen LogP contribution >= 0.6 is 22.9 Å². The van der Waals surface area contributed by atoms with Gasteiger partial charge in [-0.25, -0.2) is 9.79 Å². The number of aromatic nitrogens is 1. The minimum atomic E-state index is -0.965. The second kappa shape index (κ2) is 9.47. The van der Waals surface area contributed by atoms with Gasteiger partial charge in [0.15, 0.2) is 4.80 Å². The summed E-state index contributed by atoms with van der Waals surface area (Å²) in [6.07, 6.45) is 1.75. The average molecular weight is 513 g/mol. The molecule has 0 amide bonds. The summed E-state index contributed by atoms with van der Waals surface area (Å²) in [7, 11) is 5.11. The third-order valence-electron chi connectivity index (χ3n) is 5.62. The molecule has 180 valence electrons. The number of methoxy groups -OCH3 is 1. The van der Waals surface area contributed by atoms with Gasteiger partial charge in [-0.2, -0.15) is 0 Å². The van der Waals surface area contributed by atoms with Gasteiger partial charge < -0.3 is 9.64 Å². The highest BCUT2D eigenvalue weighted by Crippen LogP contribution is 2.34. The van der Waals surface area contributed by atoms with Crippen molar-refractivity contribution in [2.24, 2.45) is 4.99 Å². The largest absolute Gasteiger partial charge is 0.466 e. The minimum Gasteiger partial charge on any atom is -0.466 e. The zero-order valence-electron chi connectivity index (χ0n) is 19.3. The number of carbonyl (C=O) groups excluding carboxylic acids is 1. The number of hydrogen-bond donors (Lipinski definition) is 0. The third kappa shape index (κ3) is 4.50. The fourth-order valence-corrected chi connectivity index (χ4v) is 5.10. The molecule has 0 fully saturated rings. The van der Waals surface area contributed by atoms with Crippen molar-refractivity contribution in [3.63, 3.8) is 0 Å². The van der Waals surface area contributed by atoms with Gasteiger partial charge in [-0.15, -0.1) is 0 Å². The van der Waals surface area contributed by atoms with Gasteiger partial charge in [0.1, 0.15) is 5.02 Å². The van der Waals surface area contributed by atoms with Gasteiger partial charge in [-0.05, 0) is 42.3 Å². The summed E-state index contributed by atoms with van der Waals surface area (Å²) in [6, 6.07) is 10.9. The number of hydrogen-bond acceptors (Lipinski definition) is 8. The van der Waals surface area contributed by atoms with Crippen LogP contribution in [0.4, 0.5) is 11.4 Å². The van der Waals surface area contributed by atoms with Crippen molar-refractivity contribution >= 4 is 46.4 Å². The minimum absolute atomic E-state index is 0.0485. The molecule has 1 aromatic heterocycles. The monoisotopic (exact) mass is 512 g/mol. The van der Waals surface area contributed by atoms with Crippen molar-refractivity contribution in [3.05, 3.63) is 99.7 Å². The Balaban J connectivity index is 1.95. The number of nitro benzene ring substituents is 1. The van der Waals surface area contributed by atoms with Gasteiger partial charge in [0, 0.05) is 25.8 Å². The Bertz CT molecular complexity index is 1550. The molecule has 1 unspecified atom stereocenters. The molecule has 1 aliphatic heterocycles. The highest BCUT2D eigenvalue weighted by atomic mass is 35.5. The number of halogens is 1. The first-order chi connectivity index (χ1) is 16.6. The quantitative estimate of drug-likeness (QED) is 0.295. The van der Waals surface area contributed by atoms with Crippen molar-refractivity contribution in [2.45, 2.75) is 13.0 Å². The normalized spacial score (nSPS) is 15.5. The van der Waals surface area contributed by atoms with E-state index in [-0.39, 0.29) is 21.8 Å². The molecule has 0 N–H and O–H groups in total. The molecule has 0 bridgehead atoms. The smallest absolute Gasteiger partial charge is 0.338 e. The zero-order chi connectivity index (χ0) is 25.4. The number of carbonyl (C=O) groups is 1. The summed E-state index contributed by atoms with van der Waals surface area (Å²) >= 11 is 7.18. The fraction of sp³-hybridized carbons (Fsp3) is 0.208. The Kier molecular flexibility index (Phi) is 6.60. The van der Waals surface area contributed by atoms with Gasteiger partial charge in [-0.1, -0.05) is 41.1 Å². The van der Waals surface area contributed by atoms with E-state index in [9.17, 15) is 19.7 Å². The van der Waals surface area contributed by atoms with Crippen LogP contribution in [0.5, 0.6) is 0 Å². The molecule has 2 heterocycles. The molecule has 3 aromatic rings. The maximum Gasteiger partial charge on any atom is 0.338 e. The van der Waals surface area contributed by atoms with Gasteiger partial charge >= 0.3 is 5.97 Å². The van der Waals surface area contributed by atoms with E-state index in [4.69, 9.17) is 16.3 Å². The molecule has 1 atom stereocenters. The highest BCUT2D eigenvalue weighted by molar-refractivity contribution is 7.07. The van der Waals surface area contributed by atoms with Crippen LogP contribution in [-0.4, -0.2) is 36.7 Å². The molecule has 0 saturated heterocycles. The van der Waals surface area contributed by atoms with Crippen LogP contribution in [0.2, 0.25) is 5.02 Å². The van der Waals surface area contributed by atoms with E-state index < -0.39 is 16.9 Å². The first kappa shape index (κ1) is 24.4. The summed E-state index contributed by atoms with van der Waals surface area (Å²) in [5, 5.41) is 11.5. The molecular formula is C24H21ClN4O5S. The number of allylic oxidation sites excluding steroid dienone is 1. The summed E-state index contributed by atoms with van der Waals surface area (Å²) in [5.74, 6) is -0.678. The fourth-order valence-electron chi connectivity index (χ4n) is 3.87. The van der Waals surface area contributed by atoms with Crippen LogP contribution in [0.3, 0.4) is 0 Å². The van der Waals surface area contributed by atoms with E-state index in [1.807, 2.05) is 43.3 Å². The van der Waals surface area contributed by atoms with E-state index in [2.05, 4.69) is 4.99 Å². The second-order valence-corrected chi connectivity index (χ2v) is 9.44. The first-order valence-corrected chi connectivity index (χ1v) is 11.6. The Morgan fingerprint density at radius 3 is 2.54 bits per heavy atom. The van der Waals surface area contributed by atoms with Crippen LogP contribution in [0.25, 0.3) is 6.08 Å². The summed E-state index contributed by atoms with van der Waals surface area (Å²) in [4.78, 5) is 44.0. The number of rotatable bonds is 5. The molecule has 0 aliphatic carbocycles. The Morgan fingerprint density at radius 2 is 1.94 bits per heavy atom. The standard InChI is InChI=1S/C24H21ClN4O5S/c1-13-20(23(31)34-4)21(15-7-10-17(25)18(12-15)29(32)33)28-22(30)19(35-24(28)26-13)11-14-5-8-16(9-6-14)27(2)3/h5-12,21H,1-4H3. The topological polar surface area (TPSA) is 107 Å². The number of thiazole rings is 1. The lowest BCUT2D eigenvalue weighted by atomic mass is 9.95. The molecule has 2 aromatic carbocycles. The maximum absolute atomic E-state index is 13.6. The maximum atomic E-state index is 13.6. The molecule has 0 spiro atoms. The predicted molar refractivity (Wildman–Crippen MR) is 135 cm³/mol. The van der Waals surface area contributed by atoms with E-state index in [1.54, 1.807) is 19.1 Å². The van der Waals surface area contributed by atoms with E-state index in [0.717, 1.165) is 11.3 Å². The molecule has 4 rings (SSSR count). The number of nitrogens with zero attached hydrogens (tertiary/aromatic N) is 4. The first-order valence-electron chi connectivity index (χ1n) is 10.4. The summed E-state index contributed by atoms with van der Waals surface area (Å²) in [5.41, 5.74) is 1.97. The molecule has 0 saturated carbocycles. The number of nitro groups is 1. The number of ether oxygens (including phenoxy) is 1. The summed E-state index contributed by atoms with van der Waals surface area (Å²) < 4.78 is 6.74. The van der Waals surface area contributed by atoms with Crippen LogP contribution in [0.15, 0.2) is 63.5 Å². The number of esters is 1. The Hall–Kier alpha value is -3.76. The molecule has 1 aliphatic rings. The van der Waals surface area contributed by atoms with E-state index in [1.165, 1.54) is 35.1 Å². The Labute approximate surface area is 209 Å². The van der Waals surface area contributed by atoms with Crippen LogP contribution in [0.1, 0.15) is 24.1 Å². The van der Waals surface area contributed by atoms with Gasteiger partial charge in [-0.3, -0.25) is 19.5 Å². The predicted octanol–water partition coefficient (Wildman–Crippen LogP) is 3.04. The van der Waals surface area contributed by atoms with Crippen molar-refractivity contribution in [3.8, 4) is 0 Å². The number of fused-ring (bicyclic) bond motifs is 1. The van der Waals surface area contributed by atoms with Crippen molar-refractivity contribution in [1.82, 2.24) is 4.57 Å². The molecule has 11 heteroatoms.